The van der Waals surface area contributed by atoms with Crippen LogP contribution in [-0.2, 0) is 4.79 Å². The third-order valence-electron chi connectivity index (χ3n) is 5.06. The highest BCUT2D eigenvalue weighted by molar-refractivity contribution is 6.30. The zero-order valence-corrected chi connectivity index (χ0v) is 26.0. The van der Waals surface area contributed by atoms with Crippen LogP contribution < -0.4 is 20.7 Å². The lowest BCUT2D eigenvalue weighted by Crippen LogP contribution is -2.28. The number of carbonyl (C=O) groups excluding carboxylic acids is 1. The predicted octanol–water partition coefficient (Wildman–Crippen LogP) is 4.03. The van der Waals surface area contributed by atoms with Gasteiger partial charge in [0.2, 0.25) is 24.0 Å². The maximum absolute atomic E-state index is 11.0. The number of amides is 1. The summed E-state index contributed by atoms with van der Waals surface area (Å²) < 4.78 is 19.0. The van der Waals surface area contributed by atoms with E-state index in [-0.39, 0.29) is 17.4 Å². The summed E-state index contributed by atoms with van der Waals surface area (Å²) in [6.07, 6.45) is 10.2. The molecule has 0 saturated heterocycles. The minimum absolute atomic E-state index is 0.00308. The van der Waals surface area contributed by atoms with E-state index in [0.717, 1.165) is 0 Å². The summed E-state index contributed by atoms with van der Waals surface area (Å²) in [6.45, 7) is 7.61. The molecule has 5 aromatic heterocycles. The van der Waals surface area contributed by atoms with Crippen LogP contribution in [0.4, 0.5) is 0 Å². The molecule has 5 heterocycles. The van der Waals surface area contributed by atoms with Crippen LogP contribution in [-0.4, -0.2) is 67.8 Å². The van der Waals surface area contributed by atoms with Crippen molar-refractivity contribution in [2.45, 2.75) is 39.9 Å². The Bertz CT molecular complexity index is 1770. The lowest BCUT2D eigenvalue weighted by Gasteiger charge is -2.09. The zero-order valence-electron chi connectivity index (χ0n) is 24.4. The van der Waals surface area contributed by atoms with E-state index in [1.54, 1.807) is 42.9 Å². The van der Waals surface area contributed by atoms with Crippen molar-refractivity contribution in [2.24, 2.45) is 5.84 Å². The third-order valence-corrected chi connectivity index (χ3v) is 5.44. The Hall–Kier alpha value is -5.19. The normalized spacial score (nSPS) is 11.3. The summed E-state index contributed by atoms with van der Waals surface area (Å²) in [5.41, 5.74) is 3.35. The van der Waals surface area contributed by atoms with Crippen molar-refractivity contribution in [1.29, 1.82) is 0 Å². The van der Waals surface area contributed by atoms with E-state index >= 15 is 0 Å². The predicted molar refractivity (Wildman–Crippen MR) is 165 cm³/mol. The molecular weight excluding hydrogens is 627 g/mol. The number of pyridine rings is 2. The zero-order chi connectivity index (χ0) is 32.3. The van der Waals surface area contributed by atoms with E-state index in [4.69, 9.17) is 42.9 Å². The highest BCUT2D eigenvalue weighted by Gasteiger charge is 2.11. The van der Waals surface area contributed by atoms with Crippen molar-refractivity contribution < 1.29 is 18.7 Å². The van der Waals surface area contributed by atoms with Gasteiger partial charge in [-0.3, -0.25) is 10.2 Å². The molecule has 16 nitrogen and oxygen atoms in total. The Morgan fingerprint density at radius 2 is 1.42 bits per heavy atom. The van der Waals surface area contributed by atoms with Crippen LogP contribution >= 0.6 is 23.2 Å². The molecule has 0 spiro atoms. The lowest BCUT2D eigenvalue weighted by atomic mass is 10.2. The summed E-state index contributed by atoms with van der Waals surface area (Å²) >= 11 is 12.0. The molecule has 234 valence electrons. The topological polar surface area (TPSA) is 200 Å². The SMILES string of the molecule is CC(C)Oc1cc(-c2ncn(/C=C\C(=O)NN)n2)cc(Cl)n1.CC(C)Oc1cc(-c2ncn(/C=C\c3nnco3)n2)cc(Cl)n1. The second-order valence-corrected chi connectivity index (χ2v) is 10.2. The van der Waals surface area contributed by atoms with Gasteiger partial charge in [-0.2, -0.15) is 0 Å². The summed E-state index contributed by atoms with van der Waals surface area (Å²) in [5, 5.41) is 16.4. The second-order valence-electron chi connectivity index (χ2n) is 9.38. The number of nitrogens with two attached hydrogens (primary N) is 1. The van der Waals surface area contributed by atoms with Crippen molar-refractivity contribution >= 4 is 47.6 Å². The number of aromatic nitrogens is 10. The van der Waals surface area contributed by atoms with Crippen LogP contribution in [0.1, 0.15) is 33.6 Å². The fraction of sp³-hybridized carbons (Fsp3) is 0.222. The number of hydrogen-bond donors (Lipinski definition) is 2. The van der Waals surface area contributed by atoms with Gasteiger partial charge in [-0.15, -0.1) is 20.4 Å². The fourth-order valence-corrected chi connectivity index (χ4v) is 3.75. The monoisotopic (exact) mass is 654 g/mol. The number of rotatable bonds is 10. The first-order valence-corrected chi connectivity index (χ1v) is 14.0. The van der Waals surface area contributed by atoms with Crippen molar-refractivity contribution in [3.63, 3.8) is 0 Å². The van der Waals surface area contributed by atoms with Gasteiger partial charge in [0.05, 0.1) is 12.2 Å². The number of carbonyl (C=O) groups is 1. The molecule has 0 bridgehead atoms. The van der Waals surface area contributed by atoms with E-state index in [2.05, 4.69) is 40.3 Å². The van der Waals surface area contributed by atoms with Gasteiger partial charge in [0.15, 0.2) is 11.6 Å². The van der Waals surface area contributed by atoms with Gasteiger partial charge in [-0.1, -0.05) is 23.2 Å². The van der Waals surface area contributed by atoms with Crippen LogP contribution in [0.2, 0.25) is 10.3 Å². The number of hydrazine groups is 1. The Kier molecular flexibility index (Phi) is 11.3. The molecule has 0 saturated carbocycles. The van der Waals surface area contributed by atoms with Crippen LogP contribution in [0.3, 0.4) is 0 Å². The number of nitrogens with zero attached hydrogens (tertiary/aromatic N) is 10. The van der Waals surface area contributed by atoms with Crippen LogP contribution in [0.5, 0.6) is 11.8 Å². The van der Waals surface area contributed by atoms with Crippen LogP contribution in [0.15, 0.2) is 53.8 Å². The first kappa shape index (κ1) is 32.7. The molecule has 5 rings (SSSR count). The molecule has 5 aromatic rings. The first-order chi connectivity index (χ1) is 21.6. The quantitative estimate of drug-likeness (QED) is 0.0719. The Balaban J connectivity index is 0.000000205. The van der Waals surface area contributed by atoms with Gasteiger partial charge in [-0.05, 0) is 39.8 Å². The molecule has 1 amide bonds. The van der Waals surface area contributed by atoms with Crippen LogP contribution in [0.25, 0.3) is 41.3 Å². The van der Waals surface area contributed by atoms with Gasteiger partial charge < -0.3 is 13.9 Å². The second kappa shape index (κ2) is 15.5. The molecular formula is C27H28Cl2N12O4. The highest BCUT2D eigenvalue weighted by atomic mass is 35.5. The van der Waals surface area contributed by atoms with Crippen molar-refractivity contribution in [3.8, 4) is 34.5 Å². The van der Waals surface area contributed by atoms with E-state index < -0.39 is 5.91 Å². The molecule has 0 unspecified atom stereocenters. The number of hydrogen-bond acceptors (Lipinski definition) is 13. The largest absolute Gasteiger partial charge is 0.475 e. The van der Waals surface area contributed by atoms with E-state index in [1.165, 1.54) is 34.4 Å². The van der Waals surface area contributed by atoms with E-state index in [1.807, 2.05) is 33.1 Å². The summed E-state index contributed by atoms with van der Waals surface area (Å²) in [4.78, 5) is 27.6. The minimum atomic E-state index is -0.448. The van der Waals surface area contributed by atoms with Gasteiger partial charge in [0, 0.05) is 47.8 Å². The van der Waals surface area contributed by atoms with Gasteiger partial charge >= 0.3 is 0 Å². The summed E-state index contributed by atoms with van der Waals surface area (Å²) in [5.74, 6) is 6.65. The Morgan fingerprint density at radius 1 is 0.889 bits per heavy atom. The van der Waals surface area contributed by atoms with Crippen molar-refractivity contribution in [3.05, 3.63) is 65.6 Å². The van der Waals surface area contributed by atoms with Gasteiger partial charge in [-0.25, -0.2) is 35.1 Å². The average Bonchev–Trinajstić information content (AvgIpc) is 3.76. The molecule has 0 aliphatic carbocycles. The summed E-state index contributed by atoms with van der Waals surface area (Å²) in [6, 6.07) is 6.75. The molecule has 0 aliphatic heterocycles. The average molecular weight is 656 g/mol. The maximum atomic E-state index is 11.0. The minimum Gasteiger partial charge on any atom is -0.475 e. The molecule has 3 N–H and O–H groups in total. The molecule has 0 aromatic carbocycles. The number of nitrogens with one attached hydrogen (secondary N) is 1. The van der Waals surface area contributed by atoms with Gasteiger partial charge in [0.25, 0.3) is 5.91 Å². The molecule has 0 fully saturated rings. The number of ether oxygens (including phenoxy) is 2. The third kappa shape index (κ3) is 10.2. The molecule has 0 aliphatic rings. The Morgan fingerprint density at radius 3 is 1.89 bits per heavy atom. The standard InChI is InChI=1S/C14H13ClN6O2.C13H15ClN6O2/c1-9(2)23-13-6-10(5-11(15)18-13)14-16-7-21(20-14)4-3-12-19-17-8-22-12;1-8(2)22-12-6-9(5-10(14)17-12)13-16-7-20(19-13)4-3-11(21)18-15/h3-9H,1-2H3;3-8H,15H2,1-2H3,(H,18,21)/b2*4-3-. The summed E-state index contributed by atoms with van der Waals surface area (Å²) in [7, 11) is 0. The lowest BCUT2D eigenvalue weighted by molar-refractivity contribution is -0.116. The Labute approximate surface area is 266 Å². The van der Waals surface area contributed by atoms with Gasteiger partial charge in [0.1, 0.15) is 23.0 Å². The maximum Gasteiger partial charge on any atom is 0.259 e. The highest BCUT2D eigenvalue weighted by Crippen LogP contribution is 2.25. The van der Waals surface area contributed by atoms with Crippen LogP contribution in [0, 0.1) is 0 Å². The molecule has 18 heteroatoms. The van der Waals surface area contributed by atoms with Crippen molar-refractivity contribution in [2.75, 3.05) is 0 Å². The smallest absolute Gasteiger partial charge is 0.259 e. The fourth-order valence-electron chi connectivity index (χ4n) is 3.35. The number of halogens is 2. The van der Waals surface area contributed by atoms with E-state index in [0.29, 0.717) is 45.6 Å². The van der Waals surface area contributed by atoms with Crippen molar-refractivity contribution in [1.82, 2.24) is 55.1 Å². The molecule has 45 heavy (non-hydrogen) atoms. The molecule has 0 radical (unpaired) electrons. The molecule has 0 atom stereocenters. The first-order valence-electron chi connectivity index (χ1n) is 13.2. The van der Waals surface area contributed by atoms with E-state index in [9.17, 15) is 4.79 Å².